The lowest BCUT2D eigenvalue weighted by Crippen LogP contribution is -2.50. The van der Waals surface area contributed by atoms with Gasteiger partial charge in [-0.15, -0.1) is 0 Å². The molecule has 2 rings (SSSR count). The third-order valence-electron chi connectivity index (χ3n) is 2.54. The number of ether oxygens (including phenoxy) is 1. The molecule has 0 bridgehead atoms. The number of carbonyl (C=O) groups is 1. The number of nitrogens with zero attached hydrogens (tertiary/aromatic N) is 3. The number of carboxylic acid groups (broad SMARTS) is 1. The first-order chi connectivity index (χ1) is 7.70. The maximum absolute atomic E-state index is 11.1. The molecule has 0 aliphatic carbocycles. The summed E-state index contributed by atoms with van der Waals surface area (Å²) in [6, 6.07) is -0.677. The van der Waals surface area contributed by atoms with E-state index in [0.717, 1.165) is 5.69 Å². The lowest BCUT2D eigenvalue weighted by atomic mass is 10.2. The minimum Gasteiger partial charge on any atom is -0.480 e. The minimum atomic E-state index is -0.898. The van der Waals surface area contributed by atoms with Crippen molar-refractivity contribution in [3.63, 3.8) is 0 Å². The van der Waals surface area contributed by atoms with Crippen LogP contribution in [-0.4, -0.2) is 46.8 Å². The van der Waals surface area contributed by atoms with E-state index in [1.165, 1.54) is 0 Å². The lowest BCUT2D eigenvalue weighted by molar-refractivity contribution is -0.141. The van der Waals surface area contributed by atoms with Gasteiger partial charge in [0, 0.05) is 18.9 Å². The van der Waals surface area contributed by atoms with Gasteiger partial charge < -0.3 is 14.7 Å². The van der Waals surface area contributed by atoms with Crippen LogP contribution in [0.25, 0.3) is 0 Å². The van der Waals surface area contributed by atoms with Crippen LogP contribution in [0, 0.1) is 6.92 Å². The van der Waals surface area contributed by atoms with Crippen molar-refractivity contribution >= 4 is 11.8 Å². The van der Waals surface area contributed by atoms with Crippen molar-refractivity contribution in [2.45, 2.75) is 13.0 Å². The van der Waals surface area contributed by atoms with Crippen LogP contribution in [0.4, 0.5) is 5.82 Å². The van der Waals surface area contributed by atoms with Crippen LogP contribution in [0.5, 0.6) is 0 Å². The molecule has 0 aromatic carbocycles. The normalized spacial score (nSPS) is 20.8. The van der Waals surface area contributed by atoms with E-state index >= 15 is 0 Å². The van der Waals surface area contributed by atoms with Crippen molar-refractivity contribution in [3.8, 4) is 0 Å². The summed E-state index contributed by atoms with van der Waals surface area (Å²) >= 11 is 0. The summed E-state index contributed by atoms with van der Waals surface area (Å²) < 4.78 is 5.16. The number of anilines is 1. The second-order valence-electron chi connectivity index (χ2n) is 3.59. The van der Waals surface area contributed by atoms with Gasteiger partial charge in [0.1, 0.15) is 0 Å². The molecule has 2 heterocycles. The largest absolute Gasteiger partial charge is 0.480 e. The summed E-state index contributed by atoms with van der Waals surface area (Å²) in [5, 5.41) is 9.09. The van der Waals surface area contributed by atoms with Crippen molar-refractivity contribution < 1.29 is 14.6 Å². The number of rotatable bonds is 2. The van der Waals surface area contributed by atoms with E-state index < -0.39 is 12.0 Å². The Labute approximate surface area is 92.9 Å². The predicted octanol–water partition coefficient (Wildman–Crippen LogP) is 0.0748. The van der Waals surface area contributed by atoms with Crippen molar-refractivity contribution in [3.05, 3.63) is 18.1 Å². The molecule has 0 amide bonds. The topological polar surface area (TPSA) is 75.5 Å². The highest BCUT2D eigenvalue weighted by molar-refractivity contribution is 5.78. The van der Waals surface area contributed by atoms with E-state index in [-0.39, 0.29) is 6.61 Å². The monoisotopic (exact) mass is 223 g/mol. The maximum Gasteiger partial charge on any atom is 0.328 e. The number of morpholine rings is 1. The fourth-order valence-corrected chi connectivity index (χ4v) is 1.74. The molecular weight excluding hydrogens is 210 g/mol. The van der Waals surface area contributed by atoms with E-state index in [4.69, 9.17) is 9.84 Å². The van der Waals surface area contributed by atoms with Crippen LogP contribution >= 0.6 is 0 Å². The Hall–Kier alpha value is -1.69. The third-order valence-corrected chi connectivity index (χ3v) is 2.54. The number of aryl methyl sites for hydroxylation is 1. The van der Waals surface area contributed by atoms with Gasteiger partial charge in [-0.1, -0.05) is 0 Å². The lowest BCUT2D eigenvalue weighted by Gasteiger charge is -2.34. The van der Waals surface area contributed by atoms with E-state index in [9.17, 15) is 4.79 Å². The summed E-state index contributed by atoms with van der Waals surface area (Å²) in [6.45, 7) is 3.04. The number of hydrogen-bond acceptors (Lipinski definition) is 5. The average Bonchev–Trinajstić information content (AvgIpc) is 2.29. The molecule has 6 nitrogen and oxygen atoms in total. The van der Waals surface area contributed by atoms with Gasteiger partial charge in [-0.2, -0.15) is 0 Å². The molecule has 0 radical (unpaired) electrons. The molecule has 0 spiro atoms. The maximum atomic E-state index is 11.1. The fraction of sp³-hybridized carbons (Fsp3) is 0.500. The molecular formula is C10H13N3O3. The van der Waals surface area contributed by atoms with E-state index in [0.29, 0.717) is 19.0 Å². The molecule has 16 heavy (non-hydrogen) atoms. The molecule has 1 aromatic heterocycles. The number of aromatic nitrogens is 2. The summed E-state index contributed by atoms with van der Waals surface area (Å²) in [5.74, 6) is -0.275. The molecule has 1 unspecified atom stereocenters. The molecule has 1 atom stereocenters. The van der Waals surface area contributed by atoms with Crippen LogP contribution in [0.3, 0.4) is 0 Å². The molecule has 1 N–H and O–H groups in total. The first-order valence-electron chi connectivity index (χ1n) is 5.05. The second kappa shape index (κ2) is 4.44. The Kier molecular flexibility index (Phi) is 3.00. The molecule has 1 aliphatic heterocycles. The van der Waals surface area contributed by atoms with Gasteiger partial charge in [0.05, 0.1) is 18.9 Å². The first-order valence-corrected chi connectivity index (χ1v) is 5.05. The Morgan fingerprint density at radius 1 is 1.56 bits per heavy atom. The third kappa shape index (κ3) is 1.96. The van der Waals surface area contributed by atoms with Crippen molar-refractivity contribution in [1.82, 2.24) is 9.97 Å². The number of aliphatic carboxylic acids is 1. The van der Waals surface area contributed by atoms with Crippen LogP contribution in [0.15, 0.2) is 12.4 Å². The van der Waals surface area contributed by atoms with Crippen LogP contribution in [-0.2, 0) is 9.53 Å². The summed E-state index contributed by atoms with van der Waals surface area (Å²) in [6.07, 6.45) is 3.16. The summed E-state index contributed by atoms with van der Waals surface area (Å²) in [7, 11) is 0. The van der Waals surface area contributed by atoms with E-state index in [1.54, 1.807) is 17.3 Å². The molecule has 1 fully saturated rings. The summed E-state index contributed by atoms with van der Waals surface area (Å²) in [4.78, 5) is 21.1. The Morgan fingerprint density at radius 2 is 2.31 bits per heavy atom. The zero-order valence-corrected chi connectivity index (χ0v) is 8.96. The van der Waals surface area contributed by atoms with Crippen LogP contribution in [0.1, 0.15) is 5.69 Å². The van der Waals surface area contributed by atoms with Gasteiger partial charge in [0.25, 0.3) is 0 Å². The van der Waals surface area contributed by atoms with Crippen LogP contribution in [0.2, 0.25) is 0 Å². The SMILES string of the molecule is Cc1nccnc1N1CCOCC1C(=O)O. The average molecular weight is 223 g/mol. The zero-order chi connectivity index (χ0) is 11.5. The van der Waals surface area contributed by atoms with Gasteiger partial charge in [-0.25, -0.2) is 9.78 Å². The number of carboxylic acids is 1. The quantitative estimate of drug-likeness (QED) is 0.765. The van der Waals surface area contributed by atoms with Crippen molar-refractivity contribution in [2.75, 3.05) is 24.7 Å². The number of hydrogen-bond donors (Lipinski definition) is 1. The highest BCUT2D eigenvalue weighted by Gasteiger charge is 2.31. The van der Waals surface area contributed by atoms with Crippen molar-refractivity contribution in [1.29, 1.82) is 0 Å². The molecule has 6 heteroatoms. The fourth-order valence-electron chi connectivity index (χ4n) is 1.74. The van der Waals surface area contributed by atoms with E-state index in [1.807, 2.05) is 6.92 Å². The molecule has 1 aromatic rings. The standard InChI is InChI=1S/C10H13N3O3/c1-7-9(12-3-2-11-7)13-4-5-16-6-8(13)10(14)15/h2-3,8H,4-6H2,1H3,(H,14,15). The van der Waals surface area contributed by atoms with Gasteiger partial charge in [0.2, 0.25) is 0 Å². The van der Waals surface area contributed by atoms with Crippen LogP contribution < -0.4 is 4.90 Å². The molecule has 0 saturated carbocycles. The first kappa shape index (κ1) is 10.8. The Balaban J connectivity index is 2.30. The molecule has 1 saturated heterocycles. The second-order valence-corrected chi connectivity index (χ2v) is 3.59. The van der Waals surface area contributed by atoms with Gasteiger partial charge in [-0.3, -0.25) is 4.98 Å². The summed E-state index contributed by atoms with van der Waals surface area (Å²) in [5.41, 5.74) is 0.732. The molecule has 86 valence electrons. The van der Waals surface area contributed by atoms with E-state index in [2.05, 4.69) is 9.97 Å². The highest BCUT2D eigenvalue weighted by atomic mass is 16.5. The van der Waals surface area contributed by atoms with Gasteiger partial charge >= 0.3 is 5.97 Å². The van der Waals surface area contributed by atoms with Gasteiger partial charge in [-0.05, 0) is 6.92 Å². The Morgan fingerprint density at radius 3 is 3.00 bits per heavy atom. The predicted molar refractivity (Wildman–Crippen MR) is 56.4 cm³/mol. The minimum absolute atomic E-state index is 0.186. The highest BCUT2D eigenvalue weighted by Crippen LogP contribution is 2.19. The van der Waals surface area contributed by atoms with Crippen molar-refractivity contribution in [2.24, 2.45) is 0 Å². The Bertz CT molecular complexity index is 397. The molecule has 1 aliphatic rings. The zero-order valence-electron chi connectivity index (χ0n) is 8.96. The van der Waals surface area contributed by atoms with Gasteiger partial charge in [0.15, 0.2) is 11.9 Å². The smallest absolute Gasteiger partial charge is 0.328 e.